The molecular formula is C49H59N4NaO9. The summed E-state index contributed by atoms with van der Waals surface area (Å²) < 4.78 is 12.5. The van der Waals surface area contributed by atoms with Crippen LogP contribution in [-0.4, -0.2) is 73.2 Å². The predicted octanol–water partition coefficient (Wildman–Crippen LogP) is 4.95. The number of ketones is 2. The Balaban J connectivity index is 0.000000264. The Morgan fingerprint density at radius 2 is 1.13 bits per heavy atom. The third kappa shape index (κ3) is 10.7. The fourth-order valence-corrected chi connectivity index (χ4v) is 9.03. The van der Waals surface area contributed by atoms with Crippen LogP contribution < -0.4 is 49.7 Å². The molecular weight excluding hydrogens is 812 g/mol. The van der Waals surface area contributed by atoms with Gasteiger partial charge < -0.3 is 30.7 Å². The van der Waals surface area contributed by atoms with Crippen molar-refractivity contribution in [1.82, 2.24) is 20.6 Å². The van der Waals surface area contributed by atoms with Gasteiger partial charge in [0, 0.05) is 52.3 Å². The second-order valence-corrected chi connectivity index (χ2v) is 17.2. The van der Waals surface area contributed by atoms with Gasteiger partial charge in [-0.2, -0.15) is 0 Å². The molecule has 14 heteroatoms. The van der Waals surface area contributed by atoms with E-state index in [0.29, 0.717) is 49.8 Å². The van der Waals surface area contributed by atoms with Crippen LogP contribution >= 0.6 is 0 Å². The molecule has 4 N–H and O–H groups in total. The monoisotopic (exact) mass is 870 g/mol. The quantitative estimate of drug-likeness (QED) is 0.121. The van der Waals surface area contributed by atoms with E-state index in [9.17, 15) is 29.1 Å². The standard InChI is InChI=1S/C24H26N2O5.C24H28N2O3.CH4.Na.H2O/c1-4-16-12-24(16,14(3)27)26-22(28)15-6-7-17(10-15)31-21-11-20(23(29)30)25-19-9-13(2)5-8-18(19)21;1-5-18-13-24(18,16(4)27)26-23(28)17-7-8-19(12-17)29-22-11-15(3)25-21-10-14(2)6-9-20(21)22;;;/h4-5,8-9,11,15-17H,1,6-7,10,12H2,2-3H3,(H,26,28)(H,29,30);5-6,9-11,17-19H,1,7-8,12-13H2,2-4H3,(H,26,28);1H4;;1H2/q;;;+1;/p-1/t15-,16-,17-,24-;17-,18-,19-,24-;;;/m00.../s1. The first-order valence-electron chi connectivity index (χ1n) is 20.8. The number of fused-ring (bicyclic) bond motifs is 2. The molecule has 2 aromatic heterocycles. The number of rotatable bonds is 13. The van der Waals surface area contributed by atoms with Gasteiger partial charge >= 0.3 is 35.5 Å². The van der Waals surface area contributed by atoms with Gasteiger partial charge in [0.15, 0.2) is 17.3 Å². The average Bonchev–Trinajstić information content (AvgIpc) is 3.95. The summed E-state index contributed by atoms with van der Waals surface area (Å²) in [5, 5.41) is 17.1. The number of carboxylic acids is 1. The first kappa shape index (κ1) is 50.7. The third-order valence-electron chi connectivity index (χ3n) is 12.8. The number of Topliss-reactive ketones (excluding diaryl/α,β-unsaturated/α-hetero) is 2. The Kier molecular flexibility index (Phi) is 16.3. The van der Waals surface area contributed by atoms with Crippen molar-refractivity contribution in [2.24, 2.45) is 23.7 Å². The van der Waals surface area contributed by atoms with Crippen molar-refractivity contribution in [2.45, 2.75) is 117 Å². The van der Waals surface area contributed by atoms with Gasteiger partial charge in [-0.1, -0.05) is 31.7 Å². The summed E-state index contributed by atoms with van der Waals surface area (Å²) in [5.74, 6) is -0.375. The first-order chi connectivity index (χ1) is 28.5. The fraction of sp³-hybridized carbons (Fsp3) is 0.449. The van der Waals surface area contributed by atoms with Crippen molar-refractivity contribution in [2.75, 3.05) is 0 Å². The number of carboxylic acid groups (broad SMARTS) is 1. The van der Waals surface area contributed by atoms with Crippen molar-refractivity contribution in [1.29, 1.82) is 0 Å². The molecule has 330 valence electrons. The molecule has 0 aliphatic heterocycles. The number of carbonyl (C=O) groups is 5. The van der Waals surface area contributed by atoms with E-state index in [1.54, 1.807) is 19.1 Å². The van der Waals surface area contributed by atoms with Gasteiger partial charge in [-0.25, -0.2) is 9.78 Å². The predicted molar refractivity (Wildman–Crippen MR) is 237 cm³/mol. The first-order valence-corrected chi connectivity index (χ1v) is 20.8. The summed E-state index contributed by atoms with van der Waals surface area (Å²) in [5.41, 5.74) is 2.95. The molecule has 4 aliphatic carbocycles. The van der Waals surface area contributed by atoms with E-state index in [1.807, 2.05) is 44.2 Å². The Labute approximate surface area is 391 Å². The SMILES string of the molecule is C.C=C[C@H]1C[C@]1(NC(=O)[C@H]1CC[C@H](Oc2cc(C(=O)O)nc3cc(C)ccc23)C1)C(C)=O.C=C[C@H]1C[C@]1(NC(=O)[C@H]1CC[C@H](Oc2cc(C)nc3cc(C)ccc23)C1)C(C)=O.[Na+].[OH-]. The molecule has 63 heavy (non-hydrogen) atoms. The molecule has 0 radical (unpaired) electrons. The van der Waals surface area contributed by atoms with Gasteiger partial charge in [-0.3, -0.25) is 24.2 Å². The molecule has 0 saturated heterocycles. The number of nitrogens with zero attached hydrogens (tertiary/aromatic N) is 2. The van der Waals surface area contributed by atoms with Gasteiger partial charge in [0.1, 0.15) is 22.6 Å². The van der Waals surface area contributed by atoms with E-state index < -0.39 is 17.0 Å². The maximum Gasteiger partial charge on any atom is 1.00 e. The molecule has 4 saturated carbocycles. The van der Waals surface area contributed by atoms with Crippen LogP contribution in [0.15, 0.2) is 73.8 Å². The molecule has 0 unspecified atom stereocenters. The van der Waals surface area contributed by atoms with Gasteiger partial charge in [0.2, 0.25) is 11.8 Å². The second-order valence-electron chi connectivity index (χ2n) is 17.2. The maximum absolute atomic E-state index is 12.8. The number of aromatic carboxylic acids is 1. The molecule has 2 amide bonds. The number of nitrogens with one attached hydrogen (secondary N) is 2. The minimum Gasteiger partial charge on any atom is -0.870 e. The maximum atomic E-state index is 12.8. The molecule has 13 nitrogen and oxygen atoms in total. The van der Waals surface area contributed by atoms with Crippen molar-refractivity contribution >= 4 is 51.2 Å². The molecule has 8 rings (SSSR count). The molecule has 2 aromatic carbocycles. The summed E-state index contributed by atoms with van der Waals surface area (Å²) in [4.78, 5) is 70.0. The second kappa shape index (κ2) is 20.3. The molecule has 2 heterocycles. The Bertz CT molecular complexity index is 2430. The normalized spacial score (nSPS) is 26.2. The van der Waals surface area contributed by atoms with Crippen molar-refractivity contribution in [3.63, 3.8) is 0 Å². The molecule has 0 spiro atoms. The van der Waals surface area contributed by atoms with Crippen LogP contribution in [0.2, 0.25) is 0 Å². The summed E-state index contributed by atoms with van der Waals surface area (Å²) in [6, 6.07) is 15.2. The summed E-state index contributed by atoms with van der Waals surface area (Å²) in [6.45, 7) is 16.5. The van der Waals surface area contributed by atoms with E-state index in [4.69, 9.17) is 9.47 Å². The molecule has 4 aromatic rings. The summed E-state index contributed by atoms with van der Waals surface area (Å²) in [6.07, 6.45) is 8.60. The van der Waals surface area contributed by atoms with Crippen LogP contribution in [-0.2, 0) is 19.2 Å². The largest absolute Gasteiger partial charge is 1.00 e. The van der Waals surface area contributed by atoms with Gasteiger partial charge in [-0.15, -0.1) is 13.2 Å². The Morgan fingerprint density at radius 3 is 1.52 bits per heavy atom. The van der Waals surface area contributed by atoms with E-state index in [2.05, 4.69) is 52.8 Å². The number of hydrogen-bond donors (Lipinski definition) is 3. The fourth-order valence-electron chi connectivity index (χ4n) is 9.03. The van der Waals surface area contributed by atoms with Gasteiger partial charge in [0.05, 0.1) is 23.2 Å². The van der Waals surface area contributed by atoms with Crippen LogP contribution in [0.1, 0.15) is 99.9 Å². The zero-order valence-corrected chi connectivity index (χ0v) is 38.5. The van der Waals surface area contributed by atoms with Crippen LogP contribution in [0, 0.1) is 44.4 Å². The molecule has 8 atom stereocenters. The molecule has 4 fully saturated rings. The Hall–Kier alpha value is -4.95. The van der Waals surface area contributed by atoms with E-state index in [-0.39, 0.29) is 107 Å². The Morgan fingerprint density at radius 1 is 0.698 bits per heavy atom. The number of aromatic nitrogens is 2. The van der Waals surface area contributed by atoms with Crippen LogP contribution in [0.3, 0.4) is 0 Å². The van der Waals surface area contributed by atoms with Crippen molar-refractivity contribution in [3.05, 3.63) is 96.4 Å². The van der Waals surface area contributed by atoms with Crippen molar-refractivity contribution < 1.29 is 73.6 Å². The van der Waals surface area contributed by atoms with E-state index in [1.165, 1.54) is 13.0 Å². The van der Waals surface area contributed by atoms with Crippen molar-refractivity contribution in [3.8, 4) is 11.5 Å². The van der Waals surface area contributed by atoms with Crippen LogP contribution in [0.25, 0.3) is 21.8 Å². The number of pyridine rings is 2. The van der Waals surface area contributed by atoms with Crippen LogP contribution in [0.4, 0.5) is 0 Å². The zero-order valence-electron chi connectivity index (χ0n) is 36.5. The topological polar surface area (TPSA) is 204 Å². The average molecular weight is 871 g/mol. The molecule has 4 aliphatic rings. The number of aryl methyl sites for hydroxylation is 3. The smallest absolute Gasteiger partial charge is 0.870 e. The third-order valence-corrected chi connectivity index (χ3v) is 12.8. The summed E-state index contributed by atoms with van der Waals surface area (Å²) >= 11 is 0. The number of benzene rings is 2. The van der Waals surface area contributed by atoms with Gasteiger partial charge in [0.25, 0.3) is 0 Å². The molecule has 0 bridgehead atoms. The number of carbonyl (C=O) groups excluding carboxylic acids is 4. The van der Waals surface area contributed by atoms with Gasteiger partial charge in [-0.05, 0) is 121 Å². The minimum absolute atomic E-state index is 0. The zero-order chi connectivity index (χ0) is 43.1. The minimum atomic E-state index is -1.12. The van der Waals surface area contributed by atoms with E-state index >= 15 is 0 Å². The summed E-state index contributed by atoms with van der Waals surface area (Å²) in [7, 11) is 0. The number of amides is 2. The number of hydrogen-bond acceptors (Lipinski definition) is 10. The van der Waals surface area contributed by atoms with Crippen LogP contribution in [0.5, 0.6) is 11.5 Å². The van der Waals surface area contributed by atoms with E-state index in [0.717, 1.165) is 51.7 Å². The number of ether oxygens (including phenoxy) is 2.